The molecule has 1 amide bonds. The molecular weight excluding hydrogens is 424 g/mol. The van der Waals surface area contributed by atoms with Crippen LogP contribution in [0.15, 0.2) is 76.2 Å². The lowest BCUT2D eigenvalue weighted by atomic mass is 10.2. The molecular formula is C23H18N6O2S. The zero-order chi connectivity index (χ0) is 22.5. The summed E-state index contributed by atoms with van der Waals surface area (Å²) in [4.78, 5) is 16.9. The van der Waals surface area contributed by atoms with Crippen LogP contribution in [0.3, 0.4) is 0 Å². The number of anilines is 2. The topological polar surface area (TPSA) is 131 Å². The maximum Gasteiger partial charge on any atom is 0.259 e. The largest absolute Gasteiger partial charge is 0.419 e. The van der Waals surface area contributed by atoms with Crippen molar-refractivity contribution in [1.82, 2.24) is 15.2 Å². The lowest BCUT2D eigenvalue weighted by Gasteiger charge is -2.12. The van der Waals surface area contributed by atoms with Crippen molar-refractivity contribution in [3.63, 3.8) is 0 Å². The van der Waals surface area contributed by atoms with Gasteiger partial charge in [0.15, 0.2) is 0 Å². The number of nitrogens with two attached hydrogens (primary N) is 1. The number of nitriles is 1. The quantitative estimate of drug-likeness (QED) is 0.411. The highest BCUT2D eigenvalue weighted by Gasteiger charge is 2.21. The van der Waals surface area contributed by atoms with Gasteiger partial charge in [-0.05, 0) is 37.3 Å². The van der Waals surface area contributed by atoms with Gasteiger partial charge in [-0.1, -0.05) is 48.2 Å². The highest BCUT2D eigenvalue weighted by atomic mass is 32.2. The van der Waals surface area contributed by atoms with E-state index < -0.39 is 5.91 Å². The molecule has 0 aliphatic carbocycles. The molecule has 0 bridgehead atoms. The molecule has 0 saturated carbocycles. The number of thioether (sulfide) groups is 1. The Hall–Kier alpha value is -4.16. The van der Waals surface area contributed by atoms with Crippen molar-refractivity contribution in [2.24, 2.45) is 0 Å². The molecule has 4 rings (SSSR count). The second-order valence-electron chi connectivity index (χ2n) is 6.78. The highest BCUT2D eigenvalue weighted by Crippen LogP contribution is 2.36. The fourth-order valence-electron chi connectivity index (χ4n) is 2.90. The normalized spacial score (nSPS) is 11.5. The van der Waals surface area contributed by atoms with Crippen molar-refractivity contribution in [2.75, 3.05) is 11.1 Å². The monoisotopic (exact) mass is 442 g/mol. The van der Waals surface area contributed by atoms with Gasteiger partial charge in [-0.15, -0.1) is 10.2 Å². The van der Waals surface area contributed by atoms with Crippen LogP contribution in [0, 0.1) is 11.3 Å². The number of pyridine rings is 1. The number of carbonyl (C=O) groups is 1. The van der Waals surface area contributed by atoms with Crippen LogP contribution in [0.4, 0.5) is 11.5 Å². The Morgan fingerprint density at radius 2 is 1.81 bits per heavy atom. The standard InChI is InChI=1S/C23H18N6O2S/c1-14(21-28-29-22(31-21)15-8-4-2-5-9-15)32-23-16(13-24)12-18(19(25)27-23)20(30)26-17-10-6-3-7-11-17/h2-12,14H,1H3,(H2,25,27)(H,26,30). The van der Waals surface area contributed by atoms with Crippen LogP contribution in [0.25, 0.3) is 11.5 Å². The molecule has 1 unspecified atom stereocenters. The van der Waals surface area contributed by atoms with E-state index in [0.717, 1.165) is 5.56 Å². The second kappa shape index (κ2) is 9.32. The summed E-state index contributed by atoms with van der Waals surface area (Å²) in [6.45, 7) is 1.86. The van der Waals surface area contributed by atoms with E-state index in [1.54, 1.807) is 24.3 Å². The van der Waals surface area contributed by atoms with Gasteiger partial charge in [-0.25, -0.2) is 4.98 Å². The van der Waals surface area contributed by atoms with E-state index >= 15 is 0 Å². The van der Waals surface area contributed by atoms with Gasteiger partial charge in [0.05, 0.1) is 16.4 Å². The van der Waals surface area contributed by atoms with Crippen molar-refractivity contribution in [3.05, 3.63) is 83.7 Å². The average Bonchev–Trinajstić information content (AvgIpc) is 3.31. The van der Waals surface area contributed by atoms with E-state index in [9.17, 15) is 10.1 Å². The summed E-state index contributed by atoms with van der Waals surface area (Å²) >= 11 is 1.25. The number of hydrogen-bond acceptors (Lipinski definition) is 8. The molecule has 0 spiro atoms. The summed E-state index contributed by atoms with van der Waals surface area (Å²) in [7, 11) is 0. The zero-order valence-corrected chi connectivity index (χ0v) is 17.8. The Balaban J connectivity index is 1.54. The van der Waals surface area contributed by atoms with Gasteiger partial charge < -0.3 is 15.5 Å². The van der Waals surface area contributed by atoms with E-state index in [1.165, 1.54) is 17.8 Å². The van der Waals surface area contributed by atoms with Gasteiger partial charge in [0.1, 0.15) is 16.9 Å². The summed E-state index contributed by atoms with van der Waals surface area (Å²) in [5, 5.41) is 20.7. The minimum absolute atomic E-state index is 0.0302. The van der Waals surface area contributed by atoms with Gasteiger partial charge in [0, 0.05) is 11.3 Å². The third-order valence-corrected chi connectivity index (χ3v) is 5.60. The van der Waals surface area contributed by atoms with Crippen LogP contribution in [0.5, 0.6) is 0 Å². The van der Waals surface area contributed by atoms with Crippen LogP contribution < -0.4 is 11.1 Å². The minimum Gasteiger partial charge on any atom is -0.419 e. The van der Waals surface area contributed by atoms with Crippen LogP contribution in [-0.4, -0.2) is 21.1 Å². The number of nitrogens with one attached hydrogen (secondary N) is 1. The number of para-hydroxylation sites is 1. The number of nitrogen functional groups attached to an aromatic ring is 1. The smallest absolute Gasteiger partial charge is 0.259 e. The molecule has 9 heteroatoms. The number of nitrogens with zero attached hydrogens (tertiary/aromatic N) is 4. The maximum absolute atomic E-state index is 12.6. The molecule has 2 aromatic heterocycles. The number of amides is 1. The van der Waals surface area contributed by atoms with E-state index in [1.807, 2.05) is 43.3 Å². The lowest BCUT2D eigenvalue weighted by Crippen LogP contribution is -2.15. The number of aromatic nitrogens is 3. The van der Waals surface area contributed by atoms with Gasteiger partial charge in [0.2, 0.25) is 11.8 Å². The summed E-state index contributed by atoms with van der Waals surface area (Å²) in [6.07, 6.45) is 0. The third kappa shape index (κ3) is 4.61. The Morgan fingerprint density at radius 3 is 2.50 bits per heavy atom. The number of rotatable bonds is 6. The molecule has 0 fully saturated rings. The predicted molar refractivity (Wildman–Crippen MR) is 122 cm³/mol. The summed E-state index contributed by atoms with van der Waals surface area (Å²) in [5.41, 5.74) is 7.85. The van der Waals surface area contributed by atoms with Crippen molar-refractivity contribution in [3.8, 4) is 17.5 Å². The molecule has 32 heavy (non-hydrogen) atoms. The first-order chi connectivity index (χ1) is 15.5. The molecule has 158 valence electrons. The van der Waals surface area contributed by atoms with Crippen molar-refractivity contribution >= 4 is 29.2 Å². The zero-order valence-electron chi connectivity index (χ0n) is 17.0. The number of benzene rings is 2. The van der Waals surface area contributed by atoms with Gasteiger partial charge in [0.25, 0.3) is 5.91 Å². The van der Waals surface area contributed by atoms with Crippen LogP contribution in [0.2, 0.25) is 0 Å². The average molecular weight is 443 g/mol. The SMILES string of the molecule is CC(Sc1nc(N)c(C(=O)Nc2ccccc2)cc1C#N)c1nnc(-c2ccccc2)o1. The van der Waals surface area contributed by atoms with Crippen molar-refractivity contribution in [1.29, 1.82) is 5.26 Å². The Bertz CT molecular complexity index is 1290. The van der Waals surface area contributed by atoms with E-state index in [2.05, 4.69) is 26.6 Å². The van der Waals surface area contributed by atoms with Crippen LogP contribution >= 0.6 is 11.8 Å². The summed E-state index contributed by atoms with van der Waals surface area (Å²) in [6, 6.07) is 21.9. The Labute approximate surface area is 188 Å². The molecule has 0 aliphatic heterocycles. The molecule has 2 aromatic carbocycles. The molecule has 8 nitrogen and oxygen atoms in total. The maximum atomic E-state index is 12.6. The van der Waals surface area contributed by atoms with Gasteiger partial charge in [-0.2, -0.15) is 5.26 Å². The lowest BCUT2D eigenvalue weighted by molar-refractivity contribution is 0.102. The molecule has 0 saturated heterocycles. The summed E-state index contributed by atoms with van der Waals surface area (Å²) < 4.78 is 5.79. The second-order valence-corrected chi connectivity index (χ2v) is 8.11. The van der Waals surface area contributed by atoms with E-state index in [4.69, 9.17) is 10.2 Å². The minimum atomic E-state index is -0.438. The fourth-order valence-corrected chi connectivity index (χ4v) is 3.81. The first-order valence-corrected chi connectivity index (χ1v) is 10.6. The molecule has 2 heterocycles. The van der Waals surface area contributed by atoms with Crippen LogP contribution in [-0.2, 0) is 0 Å². The molecule has 3 N–H and O–H groups in total. The third-order valence-electron chi connectivity index (χ3n) is 4.51. The molecule has 1 atom stereocenters. The number of carbonyl (C=O) groups excluding carboxylic acids is 1. The Morgan fingerprint density at radius 1 is 1.12 bits per heavy atom. The van der Waals surface area contributed by atoms with Gasteiger partial charge >= 0.3 is 0 Å². The molecule has 4 aromatic rings. The first kappa shape index (κ1) is 21.1. The summed E-state index contributed by atoms with van der Waals surface area (Å²) in [5.74, 6) is 0.396. The highest BCUT2D eigenvalue weighted by molar-refractivity contribution is 7.99. The van der Waals surface area contributed by atoms with Crippen molar-refractivity contribution < 1.29 is 9.21 Å². The molecule has 0 radical (unpaired) electrons. The Kier molecular flexibility index (Phi) is 6.14. The predicted octanol–water partition coefficient (Wildman–Crippen LogP) is 4.69. The first-order valence-electron chi connectivity index (χ1n) is 9.67. The van der Waals surface area contributed by atoms with Crippen LogP contribution in [0.1, 0.15) is 34.0 Å². The van der Waals surface area contributed by atoms with E-state index in [0.29, 0.717) is 22.5 Å². The molecule has 0 aliphatic rings. The van der Waals surface area contributed by atoms with E-state index in [-0.39, 0.29) is 22.2 Å². The van der Waals surface area contributed by atoms with Gasteiger partial charge in [-0.3, -0.25) is 4.79 Å². The van der Waals surface area contributed by atoms with Crippen molar-refractivity contribution in [2.45, 2.75) is 17.2 Å². The number of hydrogen-bond donors (Lipinski definition) is 2. The fraction of sp³-hybridized carbons (Fsp3) is 0.0870.